The Hall–Kier alpha value is -1.59. The van der Waals surface area contributed by atoms with Crippen LogP contribution in [-0.2, 0) is 0 Å². The lowest BCUT2D eigenvalue weighted by molar-refractivity contribution is 0.0315. The summed E-state index contributed by atoms with van der Waals surface area (Å²) in [5.74, 6) is 0.549. The number of halogens is 1. The van der Waals surface area contributed by atoms with Gasteiger partial charge in [-0.2, -0.15) is 4.98 Å². The topological polar surface area (TPSA) is 84.1 Å². The summed E-state index contributed by atoms with van der Waals surface area (Å²) in [5, 5.41) is 14.1. The fourth-order valence-corrected chi connectivity index (χ4v) is 2.09. The zero-order valence-electron chi connectivity index (χ0n) is 11.9. The summed E-state index contributed by atoms with van der Waals surface area (Å²) in [6.45, 7) is 10.9. The van der Waals surface area contributed by atoms with Crippen molar-refractivity contribution in [2.75, 3.05) is 11.1 Å². The summed E-state index contributed by atoms with van der Waals surface area (Å²) in [6, 6.07) is -0.315. The highest BCUT2D eigenvalue weighted by Gasteiger charge is 2.32. The lowest BCUT2D eigenvalue weighted by Gasteiger charge is -2.33. The van der Waals surface area contributed by atoms with Gasteiger partial charge in [0.15, 0.2) is 5.82 Å². The molecule has 0 aliphatic carbocycles. The second kappa shape index (κ2) is 6.72. The van der Waals surface area contributed by atoms with E-state index in [4.69, 9.17) is 17.3 Å². The molecule has 0 amide bonds. The van der Waals surface area contributed by atoms with Gasteiger partial charge >= 0.3 is 0 Å². The van der Waals surface area contributed by atoms with E-state index in [9.17, 15) is 5.11 Å². The van der Waals surface area contributed by atoms with Crippen LogP contribution in [0, 0.1) is 6.92 Å². The van der Waals surface area contributed by atoms with Gasteiger partial charge in [-0.1, -0.05) is 23.8 Å². The van der Waals surface area contributed by atoms with Crippen molar-refractivity contribution in [3.8, 4) is 0 Å². The first-order chi connectivity index (χ1) is 9.34. The molecule has 6 heteroatoms. The molecule has 0 bridgehead atoms. The van der Waals surface area contributed by atoms with Crippen LogP contribution in [0.2, 0.25) is 5.02 Å². The Labute approximate surface area is 124 Å². The summed E-state index contributed by atoms with van der Waals surface area (Å²) in [7, 11) is 0. The van der Waals surface area contributed by atoms with E-state index in [1.54, 1.807) is 19.1 Å². The highest BCUT2D eigenvalue weighted by Crippen LogP contribution is 2.28. The van der Waals surface area contributed by atoms with E-state index in [0.29, 0.717) is 29.4 Å². The van der Waals surface area contributed by atoms with Gasteiger partial charge in [0.25, 0.3) is 0 Å². The third-order valence-electron chi connectivity index (χ3n) is 3.19. The normalized spacial score (nSPS) is 12.8. The van der Waals surface area contributed by atoms with Crippen LogP contribution in [0.25, 0.3) is 0 Å². The van der Waals surface area contributed by atoms with E-state index in [1.165, 1.54) is 0 Å². The van der Waals surface area contributed by atoms with Crippen molar-refractivity contribution in [1.82, 2.24) is 9.97 Å². The first-order valence-corrected chi connectivity index (χ1v) is 6.72. The molecule has 0 saturated carbocycles. The number of nitrogens with one attached hydrogen (secondary N) is 1. The molecule has 1 aromatic rings. The van der Waals surface area contributed by atoms with Crippen LogP contribution in [0.5, 0.6) is 0 Å². The van der Waals surface area contributed by atoms with Crippen molar-refractivity contribution in [2.24, 2.45) is 0 Å². The molecule has 0 aromatic carbocycles. The number of aryl methyl sites for hydroxylation is 1. The van der Waals surface area contributed by atoms with Crippen LogP contribution in [-0.4, -0.2) is 26.7 Å². The Kier molecular flexibility index (Phi) is 5.53. The Morgan fingerprint density at radius 2 is 1.95 bits per heavy atom. The molecule has 110 valence electrons. The molecule has 0 aliphatic rings. The van der Waals surface area contributed by atoms with Crippen LogP contribution in [0.1, 0.15) is 25.5 Å². The van der Waals surface area contributed by atoms with Gasteiger partial charge < -0.3 is 16.2 Å². The number of nitrogens with zero attached hydrogens (tertiary/aromatic N) is 2. The van der Waals surface area contributed by atoms with Gasteiger partial charge in [-0.3, -0.25) is 0 Å². The van der Waals surface area contributed by atoms with Crippen molar-refractivity contribution in [2.45, 2.75) is 38.3 Å². The Morgan fingerprint density at radius 1 is 1.40 bits per heavy atom. The minimum atomic E-state index is -1.01. The first-order valence-electron chi connectivity index (χ1n) is 6.34. The first kappa shape index (κ1) is 16.5. The average molecular weight is 297 g/mol. The summed E-state index contributed by atoms with van der Waals surface area (Å²) < 4.78 is 0. The molecule has 0 fully saturated rings. The quantitative estimate of drug-likeness (QED) is 0.674. The fourth-order valence-electron chi connectivity index (χ4n) is 1.95. The van der Waals surface area contributed by atoms with E-state index in [-0.39, 0.29) is 12.0 Å². The molecule has 20 heavy (non-hydrogen) atoms. The zero-order chi connectivity index (χ0) is 15.3. The molecule has 1 unspecified atom stereocenters. The van der Waals surface area contributed by atoms with Gasteiger partial charge in [0.2, 0.25) is 5.95 Å². The zero-order valence-corrected chi connectivity index (χ0v) is 12.6. The van der Waals surface area contributed by atoms with Crippen molar-refractivity contribution in [3.05, 3.63) is 36.0 Å². The van der Waals surface area contributed by atoms with Crippen molar-refractivity contribution in [3.63, 3.8) is 0 Å². The van der Waals surface area contributed by atoms with Crippen molar-refractivity contribution in [1.29, 1.82) is 0 Å². The lowest BCUT2D eigenvalue weighted by atomic mass is 9.88. The monoisotopic (exact) mass is 296 g/mol. The fraction of sp³-hybridized carbons (Fsp3) is 0.429. The van der Waals surface area contributed by atoms with Crippen LogP contribution in [0.15, 0.2) is 25.3 Å². The summed E-state index contributed by atoms with van der Waals surface area (Å²) in [6.07, 6.45) is 4.18. The highest BCUT2D eigenvalue weighted by atomic mass is 35.5. The third kappa shape index (κ3) is 3.71. The standard InChI is InChI=1S/C14H21ClN4O/c1-5-7-14(20,8-6-2)10(4)18-12-11(15)9(3)17-13(16)19-12/h5-6,10,20H,1-2,7-8H2,3-4H3,(H3,16,17,18,19). The third-order valence-corrected chi connectivity index (χ3v) is 3.64. The number of anilines is 2. The van der Waals surface area contributed by atoms with Crippen LogP contribution in [0.4, 0.5) is 11.8 Å². The van der Waals surface area contributed by atoms with E-state index in [2.05, 4.69) is 28.4 Å². The molecule has 4 N–H and O–H groups in total. The Morgan fingerprint density at radius 3 is 2.45 bits per heavy atom. The maximum Gasteiger partial charge on any atom is 0.222 e. The van der Waals surface area contributed by atoms with E-state index >= 15 is 0 Å². The van der Waals surface area contributed by atoms with Gasteiger partial charge in [0.05, 0.1) is 17.3 Å². The van der Waals surface area contributed by atoms with Gasteiger partial charge in [-0.15, -0.1) is 13.2 Å². The predicted octanol–water partition coefficient (Wildman–Crippen LogP) is 2.70. The number of hydrogen-bond donors (Lipinski definition) is 3. The van der Waals surface area contributed by atoms with Gasteiger partial charge in [-0.25, -0.2) is 4.98 Å². The molecule has 0 aliphatic heterocycles. The largest absolute Gasteiger partial charge is 0.387 e. The highest BCUT2D eigenvalue weighted by molar-refractivity contribution is 6.33. The van der Waals surface area contributed by atoms with E-state index in [0.717, 1.165) is 0 Å². The van der Waals surface area contributed by atoms with Crippen molar-refractivity contribution >= 4 is 23.4 Å². The number of aliphatic hydroxyl groups is 1. The SMILES string of the molecule is C=CCC(O)(CC=C)C(C)Nc1nc(N)nc(C)c1Cl. The second-order valence-corrected chi connectivity index (χ2v) is 5.16. The molecule has 1 rings (SSSR count). The summed E-state index contributed by atoms with van der Waals surface area (Å²) in [5.41, 5.74) is 5.19. The molecule has 0 spiro atoms. The van der Waals surface area contributed by atoms with E-state index in [1.807, 2.05) is 6.92 Å². The molecule has 0 saturated heterocycles. The molecule has 5 nitrogen and oxygen atoms in total. The maximum atomic E-state index is 10.6. The molecular formula is C14H21ClN4O. The van der Waals surface area contributed by atoms with Gasteiger partial charge in [0, 0.05) is 0 Å². The smallest absolute Gasteiger partial charge is 0.222 e. The van der Waals surface area contributed by atoms with Crippen molar-refractivity contribution < 1.29 is 5.11 Å². The predicted molar refractivity (Wildman–Crippen MR) is 83.9 cm³/mol. The number of aromatic nitrogens is 2. The second-order valence-electron chi connectivity index (χ2n) is 4.79. The van der Waals surface area contributed by atoms with Crippen LogP contribution in [0.3, 0.4) is 0 Å². The average Bonchev–Trinajstić information content (AvgIpc) is 2.35. The lowest BCUT2D eigenvalue weighted by Crippen LogP contribution is -2.44. The molecule has 0 radical (unpaired) electrons. The maximum absolute atomic E-state index is 10.6. The molecule has 1 heterocycles. The van der Waals surface area contributed by atoms with Gasteiger partial charge in [-0.05, 0) is 26.7 Å². The minimum absolute atomic E-state index is 0.137. The van der Waals surface area contributed by atoms with Crippen LogP contribution < -0.4 is 11.1 Å². The molecule has 1 aromatic heterocycles. The summed E-state index contributed by atoms with van der Waals surface area (Å²) in [4.78, 5) is 8.04. The number of rotatable bonds is 7. The molecular weight excluding hydrogens is 276 g/mol. The Balaban J connectivity index is 3.01. The summed E-state index contributed by atoms with van der Waals surface area (Å²) >= 11 is 6.15. The number of hydrogen-bond acceptors (Lipinski definition) is 5. The van der Waals surface area contributed by atoms with Crippen LogP contribution >= 0.6 is 11.6 Å². The number of nitrogen functional groups attached to an aromatic ring is 1. The molecule has 1 atom stereocenters. The number of nitrogens with two attached hydrogens (primary N) is 1. The van der Waals surface area contributed by atoms with Gasteiger partial charge in [0.1, 0.15) is 5.02 Å². The van der Waals surface area contributed by atoms with E-state index < -0.39 is 5.60 Å². The minimum Gasteiger partial charge on any atom is -0.387 e. The Bertz CT molecular complexity index is 494.